The summed E-state index contributed by atoms with van der Waals surface area (Å²) >= 11 is 0. The number of nitrogens with one attached hydrogen (secondary N) is 1. The Kier molecular flexibility index (Phi) is 5.98. The van der Waals surface area contributed by atoms with Crippen molar-refractivity contribution in [2.24, 2.45) is 7.05 Å². The van der Waals surface area contributed by atoms with Crippen molar-refractivity contribution in [3.63, 3.8) is 0 Å². The van der Waals surface area contributed by atoms with E-state index in [9.17, 15) is 0 Å². The minimum absolute atomic E-state index is 0.434. The first-order chi connectivity index (χ1) is 8.19. The van der Waals surface area contributed by atoms with Gasteiger partial charge in [0.2, 0.25) is 0 Å². The molecule has 17 heavy (non-hydrogen) atoms. The molecule has 3 nitrogen and oxygen atoms in total. The summed E-state index contributed by atoms with van der Waals surface area (Å²) in [6.45, 7) is 9.12. The van der Waals surface area contributed by atoms with E-state index in [1.54, 1.807) is 0 Å². The van der Waals surface area contributed by atoms with Crippen LogP contribution in [0.25, 0.3) is 0 Å². The van der Waals surface area contributed by atoms with E-state index in [-0.39, 0.29) is 0 Å². The Labute approximate surface area is 105 Å². The van der Waals surface area contributed by atoms with Crippen LogP contribution in [0.1, 0.15) is 49.9 Å². The molecule has 1 heterocycles. The molecule has 0 amide bonds. The smallest absolute Gasteiger partial charge is 0.0641 e. The summed E-state index contributed by atoms with van der Waals surface area (Å²) in [4.78, 5) is 0. The van der Waals surface area contributed by atoms with Crippen LogP contribution in [0.4, 0.5) is 0 Å². The van der Waals surface area contributed by atoms with Gasteiger partial charge in [0.05, 0.1) is 5.69 Å². The first kappa shape index (κ1) is 14.0. The van der Waals surface area contributed by atoms with Gasteiger partial charge in [-0.1, -0.05) is 13.0 Å². The van der Waals surface area contributed by atoms with E-state index in [4.69, 9.17) is 0 Å². The number of hydrogen-bond donors (Lipinski definition) is 1. The predicted molar refractivity (Wildman–Crippen MR) is 73.0 cm³/mol. The van der Waals surface area contributed by atoms with E-state index < -0.39 is 0 Å². The Bertz CT molecular complexity index is 341. The topological polar surface area (TPSA) is 29.9 Å². The highest BCUT2D eigenvalue weighted by atomic mass is 15.3. The largest absolute Gasteiger partial charge is 0.310 e. The second kappa shape index (κ2) is 7.28. The fourth-order valence-electron chi connectivity index (χ4n) is 2.11. The molecular formula is C14H25N3. The van der Waals surface area contributed by atoms with Gasteiger partial charge in [0.25, 0.3) is 0 Å². The SMILES string of the molecule is C=CCCCC(NCCC)c1cn(C)nc1C. The highest BCUT2D eigenvalue weighted by Gasteiger charge is 2.15. The highest BCUT2D eigenvalue weighted by molar-refractivity contribution is 5.20. The maximum Gasteiger partial charge on any atom is 0.0641 e. The lowest BCUT2D eigenvalue weighted by atomic mass is 10.0. The van der Waals surface area contributed by atoms with Gasteiger partial charge in [-0.15, -0.1) is 6.58 Å². The molecule has 3 heteroatoms. The Morgan fingerprint density at radius 3 is 2.88 bits per heavy atom. The van der Waals surface area contributed by atoms with Crippen molar-refractivity contribution in [2.45, 2.75) is 45.6 Å². The molecule has 0 aliphatic heterocycles. The second-order valence-electron chi connectivity index (χ2n) is 4.57. The maximum atomic E-state index is 4.42. The summed E-state index contributed by atoms with van der Waals surface area (Å²) < 4.78 is 1.90. The van der Waals surface area contributed by atoms with E-state index in [1.165, 1.54) is 12.0 Å². The molecule has 1 N–H and O–H groups in total. The number of nitrogens with zero attached hydrogens (tertiary/aromatic N) is 2. The minimum atomic E-state index is 0.434. The fourth-order valence-corrected chi connectivity index (χ4v) is 2.11. The molecule has 0 spiro atoms. The first-order valence-electron chi connectivity index (χ1n) is 6.53. The van der Waals surface area contributed by atoms with Crippen molar-refractivity contribution in [3.05, 3.63) is 30.1 Å². The summed E-state index contributed by atoms with van der Waals surface area (Å²) in [5, 5.41) is 8.04. The molecule has 0 saturated carbocycles. The van der Waals surface area contributed by atoms with Crippen LogP contribution in [0.3, 0.4) is 0 Å². The lowest BCUT2D eigenvalue weighted by molar-refractivity contribution is 0.484. The van der Waals surface area contributed by atoms with Crippen molar-refractivity contribution in [3.8, 4) is 0 Å². The summed E-state index contributed by atoms with van der Waals surface area (Å²) in [5.74, 6) is 0. The third kappa shape index (κ3) is 4.35. The molecule has 96 valence electrons. The van der Waals surface area contributed by atoms with Crippen molar-refractivity contribution in [1.82, 2.24) is 15.1 Å². The van der Waals surface area contributed by atoms with Gasteiger partial charge < -0.3 is 5.32 Å². The maximum absolute atomic E-state index is 4.42. The molecule has 1 aromatic rings. The molecule has 1 unspecified atom stereocenters. The normalized spacial score (nSPS) is 12.6. The molecule has 0 bridgehead atoms. The molecule has 1 aromatic heterocycles. The first-order valence-corrected chi connectivity index (χ1v) is 6.53. The standard InChI is InChI=1S/C14H25N3/c1-5-7-8-9-14(15-10-6-2)13-11-17(4)16-12(13)3/h5,11,14-15H,1,6-10H2,2-4H3. The Hall–Kier alpha value is -1.09. The average molecular weight is 235 g/mol. The van der Waals surface area contributed by atoms with Gasteiger partial charge in [-0.25, -0.2) is 0 Å². The third-order valence-corrected chi connectivity index (χ3v) is 2.97. The second-order valence-corrected chi connectivity index (χ2v) is 4.57. The van der Waals surface area contributed by atoms with Crippen molar-refractivity contribution >= 4 is 0 Å². The third-order valence-electron chi connectivity index (χ3n) is 2.97. The zero-order valence-corrected chi connectivity index (χ0v) is 11.4. The van der Waals surface area contributed by atoms with Crippen LogP contribution in [-0.2, 0) is 7.05 Å². The molecule has 0 aromatic carbocycles. The minimum Gasteiger partial charge on any atom is -0.310 e. The van der Waals surface area contributed by atoms with Gasteiger partial charge in [0.15, 0.2) is 0 Å². The van der Waals surface area contributed by atoms with Gasteiger partial charge in [-0.05, 0) is 39.2 Å². The zero-order valence-electron chi connectivity index (χ0n) is 11.4. The predicted octanol–water partition coefficient (Wildman–Crippen LogP) is 3.13. The van der Waals surface area contributed by atoms with Crippen molar-refractivity contribution in [1.29, 1.82) is 0 Å². The number of unbranched alkanes of at least 4 members (excludes halogenated alkanes) is 1. The van der Waals surface area contributed by atoms with Crippen LogP contribution in [0.15, 0.2) is 18.9 Å². The van der Waals surface area contributed by atoms with E-state index in [0.717, 1.165) is 31.5 Å². The summed E-state index contributed by atoms with van der Waals surface area (Å²) in [6, 6.07) is 0.434. The summed E-state index contributed by atoms with van der Waals surface area (Å²) in [6.07, 6.45) is 8.71. The molecule has 1 rings (SSSR count). The Morgan fingerprint density at radius 2 is 2.35 bits per heavy atom. The molecule has 0 aliphatic carbocycles. The van der Waals surface area contributed by atoms with Crippen LogP contribution >= 0.6 is 0 Å². The van der Waals surface area contributed by atoms with E-state index >= 15 is 0 Å². The van der Waals surface area contributed by atoms with E-state index in [1.807, 2.05) is 17.8 Å². The number of aromatic nitrogens is 2. The van der Waals surface area contributed by atoms with Gasteiger partial charge in [0, 0.05) is 24.8 Å². The number of rotatable bonds is 8. The van der Waals surface area contributed by atoms with Gasteiger partial charge >= 0.3 is 0 Å². The highest BCUT2D eigenvalue weighted by Crippen LogP contribution is 2.22. The van der Waals surface area contributed by atoms with E-state index in [0.29, 0.717) is 6.04 Å². The molecule has 0 fully saturated rings. The summed E-state index contributed by atoms with van der Waals surface area (Å²) in [7, 11) is 1.98. The van der Waals surface area contributed by atoms with Crippen LogP contribution in [0.5, 0.6) is 0 Å². The fraction of sp³-hybridized carbons (Fsp3) is 0.643. The molecule has 0 radical (unpaired) electrons. The zero-order chi connectivity index (χ0) is 12.7. The van der Waals surface area contributed by atoms with E-state index in [2.05, 4.69) is 37.0 Å². The van der Waals surface area contributed by atoms with Gasteiger partial charge in [-0.3, -0.25) is 4.68 Å². The summed E-state index contributed by atoms with van der Waals surface area (Å²) in [5.41, 5.74) is 2.48. The molecule has 0 aliphatic rings. The number of aryl methyl sites for hydroxylation is 2. The quantitative estimate of drug-likeness (QED) is 0.554. The van der Waals surface area contributed by atoms with Crippen LogP contribution in [-0.4, -0.2) is 16.3 Å². The number of allylic oxidation sites excluding steroid dienone is 1. The van der Waals surface area contributed by atoms with Crippen LogP contribution in [0.2, 0.25) is 0 Å². The van der Waals surface area contributed by atoms with Crippen molar-refractivity contribution < 1.29 is 0 Å². The van der Waals surface area contributed by atoms with Crippen molar-refractivity contribution in [2.75, 3.05) is 6.54 Å². The average Bonchev–Trinajstić information content (AvgIpc) is 2.63. The lowest BCUT2D eigenvalue weighted by Gasteiger charge is -2.17. The van der Waals surface area contributed by atoms with Gasteiger partial charge in [0.1, 0.15) is 0 Å². The molecule has 0 saturated heterocycles. The van der Waals surface area contributed by atoms with Crippen LogP contribution in [0, 0.1) is 6.92 Å². The monoisotopic (exact) mass is 235 g/mol. The Balaban J connectivity index is 2.67. The Morgan fingerprint density at radius 1 is 1.59 bits per heavy atom. The molecule has 1 atom stereocenters. The number of hydrogen-bond acceptors (Lipinski definition) is 2. The molecular weight excluding hydrogens is 210 g/mol. The van der Waals surface area contributed by atoms with Crippen LogP contribution < -0.4 is 5.32 Å². The van der Waals surface area contributed by atoms with Gasteiger partial charge in [-0.2, -0.15) is 5.10 Å². The lowest BCUT2D eigenvalue weighted by Crippen LogP contribution is -2.22.